The highest BCUT2D eigenvalue weighted by Gasteiger charge is 2.67. The number of nitrogens with zero attached hydrogens (tertiary/aromatic N) is 4. The third kappa shape index (κ3) is 5.96. The number of aromatic amines is 1. The van der Waals surface area contributed by atoms with Crippen molar-refractivity contribution in [1.29, 1.82) is 0 Å². The number of H-pyrrole nitrogens is 1. The Morgan fingerprint density at radius 1 is 1.12 bits per heavy atom. The average Bonchev–Trinajstić information content (AvgIpc) is 3.64. The first-order valence-corrected chi connectivity index (χ1v) is 18.0. The van der Waals surface area contributed by atoms with Gasteiger partial charge in [0, 0.05) is 19.5 Å². The Bertz CT molecular complexity index is 1970. The summed E-state index contributed by atoms with van der Waals surface area (Å²) in [6.45, 7) is 24.8. The number of fused-ring (bicyclic) bond motifs is 1. The van der Waals surface area contributed by atoms with E-state index in [1.54, 1.807) is 0 Å². The topological polar surface area (TPSA) is 132 Å². The number of β-lactam (4-membered cyclic amide) rings is 1. The van der Waals surface area contributed by atoms with Crippen LogP contribution in [0, 0.1) is 38.2 Å². The van der Waals surface area contributed by atoms with Crippen LogP contribution in [0.15, 0.2) is 36.4 Å². The van der Waals surface area contributed by atoms with Gasteiger partial charge in [0.05, 0.1) is 6.57 Å². The number of hydrogen-bond acceptors (Lipinski definition) is 7. The molecule has 1 aliphatic heterocycles. The molecule has 3 aliphatic rings. The smallest absolute Gasteiger partial charge is 0.415 e. The Labute approximate surface area is 299 Å². The predicted octanol–water partition coefficient (Wildman–Crippen LogP) is 7.34. The standard InChI is InChI=1S/C39H48N6O6/c1-10-39(51-28-16-15-22(4)18-24(28)6)36(47)42-38(39)17-13-14-27(21-38)32-41-33-29(35(46)49-31-25(7)19-23(5)20-26(31)8)30(40-9)34(45(33)43-32)50-37(48)44(11-2)12-3/h13-18,23,25-26,31H,10-12,19-21H2,1-8H3,(H,41,43)(H,42,47). The first-order valence-electron chi connectivity index (χ1n) is 18.0. The maximum absolute atomic E-state index is 14.1. The number of carbonyl (C=O) groups excluding carboxylic acids is 3. The van der Waals surface area contributed by atoms with Crippen LogP contribution in [0.3, 0.4) is 0 Å². The fourth-order valence-corrected chi connectivity index (χ4v) is 8.35. The van der Waals surface area contributed by atoms with Crippen LogP contribution in [0.2, 0.25) is 0 Å². The molecule has 3 heterocycles. The van der Waals surface area contributed by atoms with Gasteiger partial charge in [-0.25, -0.2) is 23.9 Å². The van der Waals surface area contributed by atoms with Crippen LogP contribution >= 0.6 is 0 Å². The highest BCUT2D eigenvalue weighted by molar-refractivity contribution is 6.05. The molecule has 6 rings (SSSR count). The number of nitrogens with one attached hydrogen (secondary N) is 2. The van der Waals surface area contributed by atoms with Gasteiger partial charge < -0.3 is 24.4 Å². The van der Waals surface area contributed by atoms with Crippen LogP contribution < -0.4 is 14.8 Å². The molecule has 2 aliphatic carbocycles. The van der Waals surface area contributed by atoms with Gasteiger partial charge in [0.1, 0.15) is 23.0 Å². The van der Waals surface area contributed by atoms with Gasteiger partial charge in [-0.05, 0) is 81.9 Å². The Balaban J connectivity index is 1.39. The quantitative estimate of drug-likeness (QED) is 0.136. The van der Waals surface area contributed by atoms with Gasteiger partial charge in [-0.2, -0.15) is 0 Å². The van der Waals surface area contributed by atoms with Gasteiger partial charge >= 0.3 is 12.1 Å². The van der Waals surface area contributed by atoms with Crippen molar-refractivity contribution in [3.05, 3.63) is 70.4 Å². The molecule has 0 radical (unpaired) electrons. The van der Waals surface area contributed by atoms with Gasteiger partial charge in [-0.1, -0.05) is 63.6 Å². The second kappa shape index (κ2) is 13.6. The Morgan fingerprint density at radius 3 is 2.43 bits per heavy atom. The molecular weight excluding hydrogens is 648 g/mol. The molecule has 1 spiro atoms. The number of esters is 1. The van der Waals surface area contributed by atoms with E-state index in [-0.39, 0.29) is 46.6 Å². The highest BCUT2D eigenvalue weighted by atomic mass is 16.6. The molecule has 3 aromatic rings. The second-order valence-corrected chi connectivity index (χ2v) is 14.5. The molecule has 1 saturated heterocycles. The number of amides is 2. The Morgan fingerprint density at radius 2 is 1.82 bits per heavy atom. The van der Waals surface area contributed by atoms with Crippen LogP contribution in [-0.2, 0) is 9.53 Å². The lowest BCUT2D eigenvalue weighted by atomic mass is 9.64. The third-order valence-corrected chi connectivity index (χ3v) is 10.9. The SMILES string of the molecule is [C-]#[N+]c1c(C(=O)OC2C(C)CC(C)CC2C)c2nc(C3=CC=CC4(C3)NC(=O)C4(CC)Oc3ccc(C)cc3C)[nH]n2c1OC(=O)N(CC)CC. The van der Waals surface area contributed by atoms with E-state index in [0.717, 1.165) is 29.5 Å². The number of ether oxygens (including phenoxy) is 3. The summed E-state index contributed by atoms with van der Waals surface area (Å²) in [6.07, 6.45) is 7.29. The molecule has 270 valence electrons. The van der Waals surface area contributed by atoms with E-state index in [0.29, 0.717) is 43.4 Å². The van der Waals surface area contributed by atoms with Gasteiger partial charge in [-0.15, -0.1) is 0 Å². The fraction of sp³-hybridized carbons (Fsp3) is 0.513. The molecule has 1 aromatic carbocycles. The summed E-state index contributed by atoms with van der Waals surface area (Å²) >= 11 is 0. The molecule has 12 nitrogen and oxygen atoms in total. The van der Waals surface area contributed by atoms with Crippen LogP contribution in [0.5, 0.6) is 11.6 Å². The predicted molar refractivity (Wildman–Crippen MR) is 193 cm³/mol. The Kier molecular flexibility index (Phi) is 9.53. The molecule has 12 heteroatoms. The molecule has 4 atom stereocenters. The van der Waals surface area contributed by atoms with E-state index >= 15 is 0 Å². The van der Waals surface area contributed by atoms with Crippen molar-refractivity contribution < 1.29 is 28.6 Å². The minimum absolute atomic E-state index is 0.0624. The normalized spacial score (nSPS) is 27.0. The van der Waals surface area contributed by atoms with E-state index in [1.165, 1.54) is 9.42 Å². The average molecular weight is 697 g/mol. The lowest BCUT2D eigenvalue weighted by Crippen LogP contribution is -2.82. The molecule has 2 N–H and O–H groups in total. The summed E-state index contributed by atoms with van der Waals surface area (Å²) in [7, 11) is 0. The zero-order valence-corrected chi connectivity index (χ0v) is 30.8. The summed E-state index contributed by atoms with van der Waals surface area (Å²) < 4.78 is 20.0. The number of hydrogen-bond donors (Lipinski definition) is 2. The molecular formula is C39H48N6O6. The lowest BCUT2D eigenvalue weighted by Gasteiger charge is -2.57. The maximum atomic E-state index is 14.1. The van der Waals surface area contributed by atoms with E-state index in [1.807, 2.05) is 71.0 Å². The molecule has 0 bridgehead atoms. The molecule has 4 unspecified atom stereocenters. The van der Waals surface area contributed by atoms with Crippen LogP contribution in [0.1, 0.15) is 94.5 Å². The van der Waals surface area contributed by atoms with Crippen LogP contribution in [-0.4, -0.2) is 67.8 Å². The minimum atomic E-state index is -1.18. The second-order valence-electron chi connectivity index (χ2n) is 14.5. The lowest BCUT2D eigenvalue weighted by molar-refractivity contribution is -0.164. The van der Waals surface area contributed by atoms with Gasteiger partial charge in [0.2, 0.25) is 11.5 Å². The van der Waals surface area contributed by atoms with Crippen molar-refractivity contribution in [3.63, 3.8) is 0 Å². The van der Waals surface area contributed by atoms with Gasteiger partial charge in [0.15, 0.2) is 11.5 Å². The number of aryl methyl sites for hydroxylation is 2. The van der Waals surface area contributed by atoms with Crippen molar-refractivity contribution in [2.45, 2.75) is 98.3 Å². The minimum Gasteiger partial charge on any atom is -0.474 e. The van der Waals surface area contributed by atoms with E-state index in [2.05, 4.69) is 36.0 Å². The van der Waals surface area contributed by atoms with E-state index in [9.17, 15) is 14.4 Å². The van der Waals surface area contributed by atoms with E-state index in [4.69, 9.17) is 25.8 Å². The van der Waals surface area contributed by atoms with Crippen LogP contribution in [0.4, 0.5) is 10.5 Å². The summed E-state index contributed by atoms with van der Waals surface area (Å²) in [5.74, 6) is 0.770. The van der Waals surface area contributed by atoms with Crippen molar-refractivity contribution in [1.82, 2.24) is 24.8 Å². The highest BCUT2D eigenvalue weighted by Crippen LogP contribution is 2.48. The van der Waals surface area contributed by atoms with Crippen molar-refractivity contribution in [3.8, 4) is 11.6 Å². The van der Waals surface area contributed by atoms with Crippen molar-refractivity contribution in [2.75, 3.05) is 13.1 Å². The number of benzene rings is 1. The number of rotatable bonds is 9. The summed E-state index contributed by atoms with van der Waals surface area (Å²) in [6, 6.07) is 5.88. The zero-order valence-electron chi connectivity index (χ0n) is 30.8. The summed E-state index contributed by atoms with van der Waals surface area (Å²) in [5.41, 5.74) is 0.587. The van der Waals surface area contributed by atoms with Gasteiger partial charge in [-0.3, -0.25) is 9.89 Å². The van der Waals surface area contributed by atoms with E-state index < -0.39 is 23.2 Å². The zero-order chi connectivity index (χ0) is 36.8. The number of aromatic nitrogens is 3. The van der Waals surface area contributed by atoms with Gasteiger partial charge in [0.25, 0.3) is 11.6 Å². The van der Waals surface area contributed by atoms with Crippen molar-refractivity contribution in [2.24, 2.45) is 17.8 Å². The molecule has 2 aromatic heterocycles. The number of carbonyl (C=O) groups is 3. The van der Waals surface area contributed by atoms with Crippen LogP contribution in [0.25, 0.3) is 16.1 Å². The third-order valence-electron chi connectivity index (χ3n) is 10.9. The first-order chi connectivity index (χ1) is 24.3. The number of allylic oxidation sites excluding steroid dienone is 2. The molecule has 2 fully saturated rings. The van der Waals surface area contributed by atoms with Crippen molar-refractivity contribution >= 4 is 34.9 Å². The monoisotopic (exact) mass is 696 g/mol. The first kappa shape index (κ1) is 35.8. The molecule has 1 saturated carbocycles. The molecule has 2 amide bonds. The fourth-order valence-electron chi connectivity index (χ4n) is 8.35. The summed E-state index contributed by atoms with van der Waals surface area (Å²) in [4.78, 5) is 50.7. The summed E-state index contributed by atoms with van der Waals surface area (Å²) in [5, 5.41) is 6.32. The molecule has 51 heavy (non-hydrogen) atoms. The largest absolute Gasteiger partial charge is 0.474 e. The maximum Gasteiger partial charge on any atom is 0.415 e. The Hall–Kier alpha value is -5.05.